The average molecular weight is 305 g/mol. The topological polar surface area (TPSA) is 46.3 Å². The van der Waals surface area contributed by atoms with Gasteiger partial charge in [-0.1, -0.05) is 17.7 Å². The van der Waals surface area contributed by atoms with Gasteiger partial charge in [0.2, 0.25) is 0 Å². The highest BCUT2D eigenvalue weighted by Gasteiger charge is 2.27. The molecule has 2 aromatic carbocycles. The van der Waals surface area contributed by atoms with E-state index in [9.17, 15) is 9.18 Å². The molecule has 5 heteroatoms. The second kappa shape index (κ2) is 5.04. The van der Waals surface area contributed by atoms with Gasteiger partial charge < -0.3 is 10.6 Å². The van der Waals surface area contributed by atoms with Crippen molar-refractivity contribution >= 4 is 28.9 Å². The van der Waals surface area contributed by atoms with Crippen LogP contribution in [0.3, 0.4) is 0 Å². The molecule has 21 heavy (non-hydrogen) atoms. The van der Waals surface area contributed by atoms with Gasteiger partial charge in [-0.2, -0.15) is 0 Å². The highest BCUT2D eigenvalue weighted by molar-refractivity contribution is 6.30. The summed E-state index contributed by atoms with van der Waals surface area (Å²) in [4.78, 5) is 14.1. The van der Waals surface area contributed by atoms with Gasteiger partial charge in [0.05, 0.1) is 5.56 Å². The van der Waals surface area contributed by atoms with E-state index in [1.165, 1.54) is 12.1 Å². The maximum Gasteiger partial charge on any atom is 0.261 e. The highest BCUT2D eigenvalue weighted by Crippen LogP contribution is 2.33. The number of carbonyl (C=O) groups excluding carboxylic acids is 1. The molecular weight excluding hydrogens is 291 g/mol. The number of carbonyl (C=O) groups is 1. The van der Waals surface area contributed by atoms with Crippen molar-refractivity contribution in [2.24, 2.45) is 0 Å². The predicted molar refractivity (Wildman–Crippen MR) is 82.4 cm³/mol. The maximum absolute atomic E-state index is 13.9. The van der Waals surface area contributed by atoms with Crippen LogP contribution in [0, 0.1) is 12.7 Å². The van der Waals surface area contributed by atoms with Crippen LogP contribution in [0.5, 0.6) is 0 Å². The van der Waals surface area contributed by atoms with E-state index in [2.05, 4.69) is 0 Å². The summed E-state index contributed by atoms with van der Waals surface area (Å²) in [6.07, 6.45) is 0.747. The number of hydrogen-bond acceptors (Lipinski definition) is 2. The van der Waals surface area contributed by atoms with E-state index in [-0.39, 0.29) is 16.5 Å². The number of hydrogen-bond donors (Lipinski definition) is 1. The fraction of sp³-hybridized carbons (Fsp3) is 0.188. The quantitative estimate of drug-likeness (QED) is 0.819. The van der Waals surface area contributed by atoms with Crippen molar-refractivity contribution in [3.63, 3.8) is 0 Å². The maximum atomic E-state index is 13.9. The lowest BCUT2D eigenvalue weighted by Crippen LogP contribution is -2.29. The van der Waals surface area contributed by atoms with Crippen molar-refractivity contribution < 1.29 is 9.18 Å². The normalized spacial score (nSPS) is 13.4. The molecule has 0 saturated heterocycles. The first-order valence-corrected chi connectivity index (χ1v) is 7.01. The van der Waals surface area contributed by atoms with Gasteiger partial charge in [0.1, 0.15) is 5.82 Å². The summed E-state index contributed by atoms with van der Waals surface area (Å²) in [6, 6.07) is 7.84. The summed E-state index contributed by atoms with van der Waals surface area (Å²) in [5.74, 6) is -0.979. The Bertz CT molecular complexity index is 745. The summed E-state index contributed by atoms with van der Waals surface area (Å²) in [7, 11) is 0. The van der Waals surface area contributed by atoms with E-state index in [1.54, 1.807) is 11.0 Å². The lowest BCUT2D eigenvalue weighted by atomic mass is 10.1. The summed E-state index contributed by atoms with van der Waals surface area (Å²) in [5.41, 5.74) is 9.37. The zero-order chi connectivity index (χ0) is 15.1. The molecular formula is C16H14ClFN2O. The first kappa shape index (κ1) is 13.9. The molecule has 0 fully saturated rings. The standard InChI is InChI=1S/C16H14ClFN2O/c1-9-6-10-4-5-20(15(10)8-14(9)19)16(21)12-3-2-11(17)7-13(12)18/h2-3,6-8H,4-5,19H2,1H3. The van der Waals surface area contributed by atoms with Crippen LogP contribution in [-0.2, 0) is 6.42 Å². The van der Waals surface area contributed by atoms with Gasteiger partial charge in [-0.05, 0) is 48.7 Å². The number of halogens is 2. The number of aryl methyl sites for hydroxylation is 1. The summed E-state index contributed by atoms with van der Waals surface area (Å²) >= 11 is 5.72. The largest absolute Gasteiger partial charge is 0.398 e. The zero-order valence-corrected chi connectivity index (χ0v) is 12.2. The van der Waals surface area contributed by atoms with E-state index < -0.39 is 5.82 Å². The number of amides is 1. The lowest BCUT2D eigenvalue weighted by Gasteiger charge is -2.18. The molecule has 1 amide bonds. The summed E-state index contributed by atoms with van der Waals surface area (Å²) < 4.78 is 13.9. The average Bonchev–Trinajstić information content (AvgIpc) is 2.81. The van der Waals surface area contributed by atoms with E-state index in [0.717, 1.165) is 29.3 Å². The molecule has 2 aromatic rings. The van der Waals surface area contributed by atoms with Crippen LogP contribution in [0.25, 0.3) is 0 Å². The first-order valence-electron chi connectivity index (χ1n) is 6.63. The molecule has 0 spiro atoms. The Kier molecular flexibility index (Phi) is 3.33. The third-order valence-electron chi connectivity index (χ3n) is 3.77. The van der Waals surface area contributed by atoms with E-state index in [1.807, 2.05) is 13.0 Å². The number of benzene rings is 2. The highest BCUT2D eigenvalue weighted by atomic mass is 35.5. The molecule has 3 nitrogen and oxygen atoms in total. The summed E-state index contributed by atoms with van der Waals surface area (Å²) in [5, 5.41) is 0.269. The molecule has 2 N–H and O–H groups in total. The fourth-order valence-electron chi connectivity index (χ4n) is 2.60. The molecule has 0 radical (unpaired) electrons. The monoisotopic (exact) mass is 304 g/mol. The van der Waals surface area contributed by atoms with Gasteiger partial charge >= 0.3 is 0 Å². The lowest BCUT2D eigenvalue weighted by molar-refractivity contribution is 0.0985. The number of fused-ring (bicyclic) bond motifs is 1. The second-order valence-corrected chi connectivity index (χ2v) is 5.60. The Hall–Kier alpha value is -2.07. The van der Waals surface area contributed by atoms with Crippen molar-refractivity contribution in [2.75, 3.05) is 17.2 Å². The third-order valence-corrected chi connectivity index (χ3v) is 4.00. The summed E-state index contributed by atoms with van der Waals surface area (Å²) in [6.45, 7) is 2.46. The SMILES string of the molecule is Cc1cc2c(cc1N)N(C(=O)c1ccc(Cl)cc1F)CC2. The molecule has 0 saturated carbocycles. The van der Waals surface area contributed by atoms with E-state index in [4.69, 9.17) is 17.3 Å². The van der Waals surface area contributed by atoms with Crippen molar-refractivity contribution in [2.45, 2.75) is 13.3 Å². The molecule has 108 valence electrons. The van der Waals surface area contributed by atoms with Crippen LogP contribution >= 0.6 is 11.6 Å². The van der Waals surface area contributed by atoms with E-state index in [0.29, 0.717) is 12.2 Å². The number of nitrogens with zero attached hydrogens (tertiary/aromatic N) is 1. The number of rotatable bonds is 1. The molecule has 0 aliphatic carbocycles. The number of anilines is 2. The van der Waals surface area contributed by atoms with Crippen molar-refractivity contribution in [1.82, 2.24) is 0 Å². The first-order chi connectivity index (χ1) is 9.97. The minimum Gasteiger partial charge on any atom is -0.398 e. The number of nitrogen functional groups attached to an aromatic ring is 1. The number of nitrogens with two attached hydrogens (primary N) is 1. The Morgan fingerprint density at radius 1 is 1.33 bits per heavy atom. The van der Waals surface area contributed by atoms with Gasteiger partial charge in [0.15, 0.2) is 0 Å². The van der Waals surface area contributed by atoms with Gasteiger partial charge in [-0.25, -0.2) is 4.39 Å². The fourth-order valence-corrected chi connectivity index (χ4v) is 2.75. The zero-order valence-electron chi connectivity index (χ0n) is 11.5. The van der Waals surface area contributed by atoms with Crippen LogP contribution in [0.4, 0.5) is 15.8 Å². The van der Waals surface area contributed by atoms with Crippen molar-refractivity contribution in [1.29, 1.82) is 0 Å². The Morgan fingerprint density at radius 3 is 2.81 bits per heavy atom. The Labute approximate surface area is 127 Å². The van der Waals surface area contributed by atoms with Crippen LogP contribution in [-0.4, -0.2) is 12.5 Å². The molecule has 0 unspecified atom stereocenters. The van der Waals surface area contributed by atoms with Gasteiger partial charge in [0.25, 0.3) is 5.91 Å². The minimum absolute atomic E-state index is 0.0198. The molecule has 3 rings (SSSR count). The van der Waals surface area contributed by atoms with Gasteiger partial charge in [-0.15, -0.1) is 0 Å². The van der Waals surface area contributed by atoms with Crippen LogP contribution in [0.2, 0.25) is 5.02 Å². The Balaban J connectivity index is 2.00. The molecule has 1 aliphatic rings. The van der Waals surface area contributed by atoms with Crippen molar-refractivity contribution in [3.8, 4) is 0 Å². The molecule has 0 atom stereocenters. The smallest absolute Gasteiger partial charge is 0.261 e. The van der Waals surface area contributed by atoms with Gasteiger partial charge in [0, 0.05) is 22.9 Å². The Morgan fingerprint density at radius 2 is 2.10 bits per heavy atom. The predicted octanol–water partition coefficient (Wildman–Crippen LogP) is 3.57. The van der Waals surface area contributed by atoms with Crippen LogP contribution in [0.15, 0.2) is 30.3 Å². The van der Waals surface area contributed by atoms with Crippen molar-refractivity contribution in [3.05, 3.63) is 57.9 Å². The molecule has 1 heterocycles. The third kappa shape index (κ3) is 2.36. The van der Waals surface area contributed by atoms with Gasteiger partial charge in [-0.3, -0.25) is 4.79 Å². The molecule has 0 bridgehead atoms. The second-order valence-electron chi connectivity index (χ2n) is 5.17. The van der Waals surface area contributed by atoms with Crippen LogP contribution < -0.4 is 10.6 Å². The molecule has 1 aliphatic heterocycles. The minimum atomic E-state index is -0.610. The molecule has 0 aromatic heterocycles. The van der Waals surface area contributed by atoms with Crippen LogP contribution in [0.1, 0.15) is 21.5 Å². The van der Waals surface area contributed by atoms with E-state index >= 15 is 0 Å².